The van der Waals surface area contributed by atoms with Crippen LogP contribution in [-0.4, -0.2) is 36.1 Å². The SMILES string of the molecule is COc1ccc(-c2noc(COC(=O)CCC(=O)c3ccc(Cl)s3)n2)c(OC)c1. The van der Waals surface area contributed by atoms with Crippen molar-refractivity contribution in [3.8, 4) is 22.9 Å². The molecular formula is C19H17ClN2O6S. The average Bonchev–Trinajstić information content (AvgIpc) is 3.39. The maximum atomic E-state index is 12.0. The Hall–Kier alpha value is -2.91. The predicted molar refractivity (Wildman–Crippen MR) is 106 cm³/mol. The summed E-state index contributed by atoms with van der Waals surface area (Å²) in [4.78, 5) is 28.6. The molecule has 0 aliphatic heterocycles. The van der Waals surface area contributed by atoms with E-state index in [4.69, 9.17) is 30.3 Å². The normalized spacial score (nSPS) is 10.6. The van der Waals surface area contributed by atoms with Crippen molar-refractivity contribution in [3.63, 3.8) is 0 Å². The minimum absolute atomic E-state index is 0.0355. The molecule has 0 aliphatic carbocycles. The third-order valence-electron chi connectivity index (χ3n) is 3.88. The number of thiophene rings is 1. The van der Waals surface area contributed by atoms with Crippen LogP contribution in [0.3, 0.4) is 0 Å². The summed E-state index contributed by atoms with van der Waals surface area (Å²) in [5.41, 5.74) is 0.606. The molecule has 0 aliphatic rings. The summed E-state index contributed by atoms with van der Waals surface area (Å²) in [5, 5.41) is 3.88. The number of carbonyl (C=O) groups is 2. The molecule has 0 amide bonds. The Bertz CT molecular complexity index is 1020. The monoisotopic (exact) mass is 436 g/mol. The van der Waals surface area contributed by atoms with Crippen molar-refractivity contribution in [1.29, 1.82) is 0 Å². The van der Waals surface area contributed by atoms with Gasteiger partial charge in [0, 0.05) is 12.5 Å². The highest BCUT2D eigenvalue weighted by molar-refractivity contribution is 7.18. The average molecular weight is 437 g/mol. The molecule has 0 saturated carbocycles. The molecule has 29 heavy (non-hydrogen) atoms. The van der Waals surface area contributed by atoms with Crippen molar-refractivity contribution in [2.45, 2.75) is 19.4 Å². The van der Waals surface area contributed by atoms with Crippen LogP contribution in [0, 0.1) is 0 Å². The fourth-order valence-electron chi connectivity index (χ4n) is 2.42. The predicted octanol–water partition coefficient (Wildman–Crippen LogP) is 4.18. The third kappa shape index (κ3) is 5.33. The van der Waals surface area contributed by atoms with E-state index >= 15 is 0 Å². The van der Waals surface area contributed by atoms with Crippen LogP contribution in [0.5, 0.6) is 11.5 Å². The van der Waals surface area contributed by atoms with Gasteiger partial charge in [0.1, 0.15) is 11.5 Å². The standard InChI is InChI=1S/C19H17ClN2O6S/c1-25-11-3-4-12(14(9-11)26-2)19-21-17(28-22-19)10-27-18(24)8-5-13(23)15-6-7-16(20)29-15/h3-4,6-7,9H,5,8,10H2,1-2H3. The molecule has 1 aromatic carbocycles. The molecule has 152 valence electrons. The van der Waals surface area contributed by atoms with Crippen molar-refractivity contribution in [2.75, 3.05) is 14.2 Å². The summed E-state index contributed by atoms with van der Waals surface area (Å²) >= 11 is 6.98. The van der Waals surface area contributed by atoms with Crippen molar-refractivity contribution < 1.29 is 28.3 Å². The zero-order chi connectivity index (χ0) is 20.8. The summed E-state index contributed by atoms with van der Waals surface area (Å²) in [6.45, 7) is -0.191. The lowest BCUT2D eigenvalue weighted by atomic mass is 10.2. The molecule has 0 saturated heterocycles. The molecular weight excluding hydrogens is 420 g/mol. The van der Waals surface area contributed by atoms with Crippen LogP contribution >= 0.6 is 22.9 Å². The van der Waals surface area contributed by atoms with E-state index in [2.05, 4.69) is 10.1 Å². The highest BCUT2D eigenvalue weighted by atomic mass is 35.5. The van der Waals surface area contributed by atoms with Gasteiger partial charge in [-0.05, 0) is 24.3 Å². The lowest BCUT2D eigenvalue weighted by Gasteiger charge is -2.07. The highest BCUT2D eigenvalue weighted by Gasteiger charge is 2.16. The number of ketones is 1. The van der Waals surface area contributed by atoms with Crippen LogP contribution in [0.15, 0.2) is 34.9 Å². The van der Waals surface area contributed by atoms with Gasteiger partial charge in [0.25, 0.3) is 5.89 Å². The van der Waals surface area contributed by atoms with Crippen molar-refractivity contribution in [3.05, 3.63) is 45.4 Å². The first-order chi connectivity index (χ1) is 14.0. The van der Waals surface area contributed by atoms with E-state index in [1.54, 1.807) is 37.4 Å². The van der Waals surface area contributed by atoms with Gasteiger partial charge in [-0.2, -0.15) is 4.98 Å². The van der Waals surface area contributed by atoms with Crippen molar-refractivity contribution in [1.82, 2.24) is 10.1 Å². The van der Waals surface area contributed by atoms with Gasteiger partial charge in [0.15, 0.2) is 12.4 Å². The summed E-state index contributed by atoms with van der Waals surface area (Å²) in [6.07, 6.45) is -0.0184. The number of benzene rings is 1. The Balaban J connectivity index is 1.54. The van der Waals surface area contributed by atoms with Gasteiger partial charge in [0.05, 0.1) is 35.4 Å². The molecule has 10 heteroatoms. The fraction of sp³-hybridized carbons (Fsp3) is 0.263. The molecule has 0 fully saturated rings. The Morgan fingerprint density at radius 3 is 2.66 bits per heavy atom. The van der Waals surface area contributed by atoms with Crippen LogP contribution < -0.4 is 9.47 Å². The molecule has 0 unspecified atom stereocenters. The van der Waals surface area contributed by atoms with Crippen molar-refractivity contribution >= 4 is 34.7 Å². The van der Waals surface area contributed by atoms with Crippen molar-refractivity contribution in [2.24, 2.45) is 0 Å². The van der Waals surface area contributed by atoms with Crippen LogP contribution in [0.25, 0.3) is 11.4 Å². The van der Waals surface area contributed by atoms with Crippen LogP contribution in [-0.2, 0) is 16.1 Å². The van der Waals surface area contributed by atoms with Gasteiger partial charge in [-0.3, -0.25) is 9.59 Å². The van der Waals surface area contributed by atoms with Crippen LogP contribution in [0.4, 0.5) is 0 Å². The topological polar surface area (TPSA) is 101 Å². The number of esters is 1. The largest absolute Gasteiger partial charge is 0.497 e. The first kappa shape index (κ1) is 20.8. The molecule has 3 rings (SSSR count). The van der Waals surface area contributed by atoms with E-state index in [1.165, 1.54) is 18.4 Å². The maximum Gasteiger partial charge on any atom is 0.306 e. The van der Waals surface area contributed by atoms with E-state index in [1.807, 2.05) is 0 Å². The number of halogens is 1. The van der Waals surface area contributed by atoms with E-state index in [-0.39, 0.29) is 31.1 Å². The van der Waals surface area contributed by atoms with Crippen LogP contribution in [0.2, 0.25) is 4.34 Å². The Morgan fingerprint density at radius 2 is 1.97 bits per heavy atom. The second kappa shape index (κ2) is 9.53. The van der Waals surface area contributed by atoms with E-state index in [0.29, 0.717) is 32.1 Å². The maximum absolute atomic E-state index is 12.0. The van der Waals surface area contributed by atoms with Gasteiger partial charge in [-0.25, -0.2) is 0 Å². The molecule has 8 nitrogen and oxygen atoms in total. The Kier molecular flexibility index (Phi) is 6.84. The molecule has 0 atom stereocenters. The third-order valence-corrected chi connectivity index (χ3v) is 5.15. The summed E-state index contributed by atoms with van der Waals surface area (Å²) in [5.74, 6) is 0.861. The van der Waals surface area contributed by atoms with Gasteiger partial charge in [-0.15, -0.1) is 11.3 Å². The summed E-state index contributed by atoms with van der Waals surface area (Å²) < 4.78 is 21.2. The Morgan fingerprint density at radius 1 is 1.14 bits per heavy atom. The number of aromatic nitrogens is 2. The van der Waals surface area contributed by atoms with Crippen LogP contribution in [0.1, 0.15) is 28.4 Å². The smallest absolute Gasteiger partial charge is 0.306 e. The van der Waals surface area contributed by atoms with Gasteiger partial charge in [0.2, 0.25) is 5.82 Å². The number of rotatable bonds is 9. The van der Waals surface area contributed by atoms with E-state index in [0.717, 1.165) is 0 Å². The summed E-state index contributed by atoms with van der Waals surface area (Å²) in [6, 6.07) is 8.45. The number of ether oxygens (including phenoxy) is 3. The molecule has 2 heterocycles. The van der Waals surface area contributed by atoms with Gasteiger partial charge < -0.3 is 18.7 Å². The minimum atomic E-state index is -0.539. The molecule has 0 spiro atoms. The van der Waals surface area contributed by atoms with Gasteiger partial charge >= 0.3 is 5.97 Å². The number of hydrogen-bond acceptors (Lipinski definition) is 9. The van der Waals surface area contributed by atoms with E-state index in [9.17, 15) is 9.59 Å². The molecule has 0 N–H and O–H groups in total. The molecule has 0 radical (unpaired) electrons. The van der Waals surface area contributed by atoms with E-state index < -0.39 is 5.97 Å². The number of Topliss-reactive ketones (excluding diaryl/α,β-unsaturated/α-hetero) is 1. The molecule has 3 aromatic rings. The van der Waals surface area contributed by atoms with Gasteiger partial charge in [-0.1, -0.05) is 16.8 Å². The fourth-order valence-corrected chi connectivity index (χ4v) is 3.43. The summed E-state index contributed by atoms with van der Waals surface area (Å²) in [7, 11) is 3.07. The minimum Gasteiger partial charge on any atom is -0.497 e. The highest BCUT2D eigenvalue weighted by Crippen LogP contribution is 2.31. The number of methoxy groups -OCH3 is 2. The number of nitrogens with zero attached hydrogens (tertiary/aromatic N) is 2. The number of hydrogen-bond donors (Lipinski definition) is 0. The zero-order valence-electron chi connectivity index (χ0n) is 15.6. The quantitative estimate of drug-likeness (QED) is 0.364. The second-order valence-corrected chi connectivity index (χ2v) is 7.48. The first-order valence-corrected chi connectivity index (χ1v) is 9.68. The lowest BCUT2D eigenvalue weighted by Crippen LogP contribution is -2.07. The second-order valence-electron chi connectivity index (χ2n) is 5.77. The molecule has 2 aromatic heterocycles. The zero-order valence-corrected chi connectivity index (χ0v) is 17.2. The Labute approximate surface area is 175 Å². The molecule has 0 bridgehead atoms. The lowest BCUT2D eigenvalue weighted by molar-refractivity contribution is -0.145. The first-order valence-electron chi connectivity index (χ1n) is 8.49. The number of carbonyl (C=O) groups excluding carboxylic acids is 2.